The van der Waals surface area contributed by atoms with Crippen molar-refractivity contribution >= 4 is 15.7 Å². The Hall–Kier alpha value is -1.27. The van der Waals surface area contributed by atoms with Crippen LogP contribution in [0.2, 0.25) is 0 Å². The van der Waals surface area contributed by atoms with Gasteiger partial charge in [-0.15, -0.1) is 0 Å². The van der Waals surface area contributed by atoms with Gasteiger partial charge in [0.15, 0.2) is 0 Å². The van der Waals surface area contributed by atoms with Gasteiger partial charge in [-0.3, -0.25) is 0 Å². The number of rotatable bonds is 6. The zero-order valence-corrected chi connectivity index (χ0v) is 11.8. The normalized spacial score (nSPS) is 13.3. The van der Waals surface area contributed by atoms with Gasteiger partial charge in [-0.05, 0) is 18.1 Å². The van der Waals surface area contributed by atoms with E-state index in [1.54, 1.807) is 6.07 Å². The summed E-state index contributed by atoms with van der Waals surface area (Å²) in [5, 5.41) is 0. The molecule has 0 saturated heterocycles. The lowest BCUT2D eigenvalue weighted by atomic mass is 10.1. The summed E-state index contributed by atoms with van der Waals surface area (Å²) < 4.78 is 31.8. The molecular formula is C12H20N2O3S. The van der Waals surface area contributed by atoms with Crippen molar-refractivity contribution in [3.05, 3.63) is 18.2 Å². The predicted octanol–water partition coefficient (Wildman–Crippen LogP) is 1.60. The first-order valence-electron chi connectivity index (χ1n) is 5.84. The molecule has 18 heavy (non-hydrogen) atoms. The minimum Gasteiger partial charge on any atom is -0.495 e. The van der Waals surface area contributed by atoms with Crippen LogP contribution in [0.4, 0.5) is 5.69 Å². The third-order valence-electron chi connectivity index (χ3n) is 2.80. The van der Waals surface area contributed by atoms with Crippen LogP contribution in [0, 0.1) is 5.92 Å². The summed E-state index contributed by atoms with van der Waals surface area (Å²) in [6, 6.07) is 4.49. The minimum absolute atomic E-state index is 0.113. The number of ether oxygens (including phenoxy) is 1. The van der Waals surface area contributed by atoms with Crippen LogP contribution in [0.25, 0.3) is 0 Å². The fourth-order valence-electron chi connectivity index (χ4n) is 1.38. The van der Waals surface area contributed by atoms with Crippen molar-refractivity contribution in [3.8, 4) is 5.75 Å². The van der Waals surface area contributed by atoms with Gasteiger partial charge in [-0.1, -0.05) is 20.3 Å². The number of methoxy groups -OCH3 is 1. The molecule has 1 aromatic rings. The van der Waals surface area contributed by atoms with E-state index in [2.05, 4.69) is 4.72 Å². The van der Waals surface area contributed by atoms with Crippen molar-refractivity contribution in [2.24, 2.45) is 5.92 Å². The Morgan fingerprint density at radius 3 is 2.67 bits per heavy atom. The summed E-state index contributed by atoms with van der Waals surface area (Å²) in [7, 11) is -2.14. The van der Waals surface area contributed by atoms with Gasteiger partial charge in [0.25, 0.3) is 0 Å². The highest BCUT2D eigenvalue weighted by Gasteiger charge is 2.19. The number of hydrogen-bond acceptors (Lipinski definition) is 4. The minimum atomic E-state index is -3.56. The molecule has 5 nitrogen and oxygen atoms in total. The maximum absolute atomic E-state index is 12.1. The van der Waals surface area contributed by atoms with Gasteiger partial charge in [0, 0.05) is 18.3 Å². The van der Waals surface area contributed by atoms with E-state index >= 15 is 0 Å². The van der Waals surface area contributed by atoms with Gasteiger partial charge in [-0.25, -0.2) is 13.1 Å². The zero-order chi connectivity index (χ0) is 13.8. The molecule has 1 unspecified atom stereocenters. The Labute approximate surface area is 108 Å². The summed E-state index contributed by atoms with van der Waals surface area (Å²) in [6.45, 7) is 4.41. The number of nitrogens with two attached hydrogens (primary N) is 1. The molecule has 1 rings (SSSR count). The first kappa shape index (κ1) is 14.8. The molecule has 0 aliphatic heterocycles. The topological polar surface area (TPSA) is 81.4 Å². The SMILES string of the molecule is CCC(C)CNS(=O)(=O)c1ccc(N)cc1OC. The molecule has 0 amide bonds. The molecule has 3 N–H and O–H groups in total. The molecule has 0 aliphatic rings. The zero-order valence-electron chi connectivity index (χ0n) is 10.9. The van der Waals surface area contributed by atoms with Gasteiger partial charge >= 0.3 is 0 Å². The van der Waals surface area contributed by atoms with Crippen LogP contribution in [0.1, 0.15) is 20.3 Å². The van der Waals surface area contributed by atoms with Crippen molar-refractivity contribution < 1.29 is 13.2 Å². The highest BCUT2D eigenvalue weighted by Crippen LogP contribution is 2.25. The second-order valence-corrected chi connectivity index (χ2v) is 6.01. The first-order valence-corrected chi connectivity index (χ1v) is 7.32. The molecule has 0 radical (unpaired) electrons. The van der Waals surface area contributed by atoms with Crippen molar-refractivity contribution in [2.75, 3.05) is 19.4 Å². The molecule has 0 aliphatic carbocycles. The largest absolute Gasteiger partial charge is 0.495 e. The Balaban J connectivity index is 2.98. The molecule has 0 heterocycles. The second kappa shape index (κ2) is 6.06. The Kier molecular flexibility index (Phi) is 4.98. The number of hydrogen-bond donors (Lipinski definition) is 2. The van der Waals surface area contributed by atoms with Gasteiger partial charge in [0.2, 0.25) is 10.0 Å². The summed E-state index contributed by atoms with van der Waals surface area (Å²) in [6.07, 6.45) is 0.918. The molecule has 6 heteroatoms. The fraction of sp³-hybridized carbons (Fsp3) is 0.500. The van der Waals surface area contributed by atoms with Crippen LogP contribution in [-0.4, -0.2) is 22.1 Å². The van der Waals surface area contributed by atoms with Crippen molar-refractivity contribution in [2.45, 2.75) is 25.2 Å². The van der Waals surface area contributed by atoms with E-state index in [1.807, 2.05) is 13.8 Å². The molecular weight excluding hydrogens is 252 g/mol. The first-order chi connectivity index (χ1) is 8.40. The molecule has 102 valence electrons. The number of benzene rings is 1. The van der Waals surface area contributed by atoms with Crippen molar-refractivity contribution in [3.63, 3.8) is 0 Å². The summed E-state index contributed by atoms with van der Waals surface area (Å²) in [5.74, 6) is 0.547. The Morgan fingerprint density at radius 2 is 2.11 bits per heavy atom. The fourth-order valence-corrected chi connectivity index (χ4v) is 2.69. The molecule has 0 spiro atoms. The lowest BCUT2D eigenvalue weighted by Gasteiger charge is -2.13. The summed E-state index contributed by atoms with van der Waals surface area (Å²) in [4.78, 5) is 0.113. The van der Waals surface area contributed by atoms with E-state index in [4.69, 9.17) is 10.5 Å². The Bertz CT molecular complexity index is 500. The van der Waals surface area contributed by atoms with Crippen LogP contribution >= 0.6 is 0 Å². The van der Waals surface area contributed by atoms with Crippen LogP contribution in [-0.2, 0) is 10.0 Å². The molecule has 0 saturated carbocycles. The number of anilines is 1. The van der Waals surface area contributed by atoms with Crippen LogP contribution < -0.4 is 15.2 Å². The molecule has 0 bridgehead atoms. The summed E-state index contributed by atoms with van der Waals surface area (Å²) in [5.41, 5.74) is 6.06. The van der Waals surface area contributed by atoms with Crippen LogP contribution in [0.15, 0.2) is 23.1 Å². The highest BCUT2D eigenvalue weighted by molar-refractivity contribution is 7.89. The third kappa shape index (κ3) is 3.61. The average molecular weight is 272 g/mol. The van der Waals surface area contributed by atoms with Gasteiger partial charge in [0.1, 0.15) is 10.6 Å². The van der Waals surface area contributed by atoms with Gasteiger partial charge < -0.3 is 10.5 Å². The second-order valence-electron chi connectivity index (χ2n) is 4.28. The van der Waals surface area contributed by atoms with Gasteiger partial charge in [0.05, 0.1) is 7.11 Å². The maximum Gasteiger partial charge on any atom is 0.244 e. The quantitative estimate of drug-likeness (QED) is 0.771. The number of nitrogens with one attached hydrogen (secondary N) is 1. The third-order valence-corrected chi connectivity index (χ3v) is 4.26. The van der Waals surface area contributed by atoms with E-state index in [9.17, 15) is 8.42 Å². The van der Waals surface area contributed by atoms with Crippen molar-refractivity contribution in [1.29, 1.82) is 0 Å². The average Bonchev–Trinajstić information content (AvgIpc) is 2.35. The van der Waals surface area contributed by atoms with Crippen molar-refractivity contribution in [1.82, 2.24) is 4.72 Å². The highest BCUT2D eigenvalue weighted by atomic mass is 32.2. The Morgan fingerprint density at radius 1 is 1.44 bits per heavy atom. The maximum atomic E-state index is 12.1. The molecule has 0 fully saturated rings. The van der Waals surface area contributed by atoms with E-state index in [-0.39, 0.29) is 10.6 Å². The lowest BCUT2D eigenvalue weighted by Crippen LogP contribution is -2.28. The predicted molar refractivity (Wildman–Crippen MR) is 72.0 cm³/mol. The number of sulfonamides is 1. The standard InChI is InChI=1S/C12H20N2O3S/c1-4-9(2)8-14-18(15,16)12-6-5-10(13)7-11(12)17-3/h5-7,9,14H,4,8,13H2,1-3H3. The lowest BCUT2D eigenvalue weighted by molar-refractivity contribution is 0.402. The van der Waals surface area contributed by atoms with E-state index in [0.29, 0.717) is 18.2 Å². The van der Waals surface area contributed by atoms with E-state index < -0.39 is 10.0 Å². The van der Waals surface area contributed by atoms with E-state index in [0.717, 1.165) is 6.42 Å². The summed E-state index contributed by atoms with van der Waals surface area (Å²) >= 11 is 0. The number of nitrogen functional groups attached to an aromatic ring is 1. The molecule has 1 atom stereocenters. The molecule has 0 aromatic heterocycles. The van der Waals surface area contributed by atoms with E-state index in [1.165, 1.54) is 19.2 Å². The van der Waals surface area contributed by atoms with Crippen LogP contribution in [0.5, 0.6) is 5.75 Å². The molecule has 1 aromatic carbocycles. The smallest absolute Gasteiger partial charge is 0.244 e. The van der Waals surface area contributed by atoms with Gasteiger partial charge in [-0.2, -0.15) is 0 Å². The van der Waals surface area contributed by atoms with Crippen LogP contribution in [0.3, 0.4) is 0 Å². The monoisotopic (exact) mass is 272 g/mol.